The summed E-state index contributed by atoms with van der Waals surface area (Å²) in [6, 6.07) is 0.0775. The molecule has 1 aliphatic rings. The third-order valence-electron chi connectivity index (χ3n) is 2.58. The standard InChI is InChI=1S/C11H17N3OS/c1-6-7-13-14-9(15-7)8-10(2,3)16-11(4,5)12-8/h6,8,12H,1H2,2-5H3/t8-/m0/s1. The Bertz CT molecular complexity index is 411. The predicted molar refractivity (Wildman–Crippen MR) is 66.0 cm³/mol. The zero-order chi connectivity index (χ0) is 12.0. The Hall–Kier alpha value is -0.810. The molecule has 1 aromatic rings. The lowest BCUT2D eigenvalue weighted by molar-refractivity contribution is 0.347. The highest BCUT2D eigenvalue weighted by Gasteiger charge is 2.48. The number of nitrogens with zero attached hydrogens (tertiary/aromatic N) is 2. The number of nitrogens with one attached hydrogen (secondary N) is 1. The molecule has 16 heavy (non-hydrogen) atoms. The van der Waals surface area contributed by atoms with Crippen LogP contribution in [-0.2, 0) is 0 Å². The Morgan fingerprint density at radius 2 is 2.06 bits per heavy atom. The van der Waals surface area contributed by atoms with Gasteiger partial charge in [-0.25, -0.2) is 0 Å². The van der Waals surface area contributed by atoms with Crippen LogP contribution in [-0.4, -0.2) is 19.8 Å². The lowest BCUT2D eigenvalue weighted by Crippen LogP contribution is -2.34. The average molecular weight is 239 g/mol. The molecule has 5 heteroatoms. The van der Waals surface area contributed by atoms with Gasteiger partial charge in [0.15, 0.2) is 0 Å². The molecule has 1 aliphatic heterocycles. The van der Waals surface area contributed by atoms with Gasteiger partial charge in [0.25, 0.3) is 0 Å². The van der Waals surface area contributed by atoms with Crippen LogP contribution in [0.4, 0.5) is 0 Å². The van der Waals surface area contributed by atoms with Crippen molar-refractivity contribution in [1.29, 1.82) is 0 Å². The minimum atomic E-state index is 0.0248. The second-order valence-electron chi connectivity index (χ2n) is 4.98. The van der Waals surface area contributed by atoms with Gasteiger partial charge in [-0.15, -0.1) is 22.0 Å². The zero-order valence-corrected chi connectivity index (χ0v) is 10.9. The summed E-state index contributed by atoms with van der Waals surface area (Å²) >= 11 is 1.88. The van der Waals surface area contributed by atoms with Crippen molar-refractivity contribution in [3.8, 4) is 0 Å². The summed E-state index contributed by atoms with van der Waals surface area (Å²) in [4.78, 5) is 0.0248. The monoisotopic (exact) mass is 239 g/mol. The molecular formula is C11H17N3OS. The molecule has 0 unspecified atom stereocenters. The predicted octanol–water partition coefficient (Wildman–Crippen LogP) is 2.60. The third-order valence-corrected chi connectivity index (χ3v) is 3.97. The molecule has 0 radical (unpaired) electrons. The van der Waals surface area contributed by atoms with Crippen molar-refractivity contribution in [3.05, 3.63) is 18.4 Å². The van der Waals surface area contributed by atoms with E-state index in [0.29, 0.717) is 11.8 Å². The molecule has 0 aliphatic carbocycles. The number of hydrogen-bond acceptors (Lipinski definition) is 5. The van der Waals surface area contributed by atoms with Crippen molar-refractivity contribution in [2.45, 2.75) is 43.4 Å². The zero-order valence-electron chi connectivity index (χ0n) is 10.1. The van der Waals surface area contributed by atoms with Gasteiger partial charge >= 0.3 is 0 Å². The van der Waals surface area contributed by atoms with Gasteiger partial charge in [-0.3, -0.25) is 5.32 Å². The summed E-state index contributed by atoms with van der Waals surface area (Å²) < 4.78 is 5.57. The van der Waals surface area contributed by atoms with Gasteiger partial charge in [0.1, 0.15) is 6.04 Å². The van der Waals surface area contributed by atoms with E-state index in [9.17, 15) is 0 Å². The van der Waals surface area contributed by atoms with Crippen LogP contribution in [0.15, 0.2) is 11.0 Å². The first-order valence-corrected chi connectivity index (χ1v) is 6.09. The minimum Gasteiger partial charge on any atom is -0.420 e. The van der Waals surface area contributed by atoms with Crippen molar-refractivity contribution < 1.29 is 4.42 Å². The molecule has 0 amide bonds. The maximum absolute atomic E-state index is 5.53. The van der Waals surface area contributed by atoms with Crippen LogP contribution in [0.1, 0.15) is 45.5 Å². The molecular weight excluding hydrogens is 222 g/mol. The first-order valence-electron chi connectivity index (χ1n) is 5.28. The molecule has 2 rings (SSSR count). The van der Waals surface area contributed by atoms with Gasteiger partial charge in [-0.1, -0.05) is 6.58 Å². The molecule has 0 spiro atoms. The molecule has 0 aromatic carbocycles. The Kier molecular flexibility index (Phi) is 2.62. The Morgan fingerprint density at radius 1 is 1.38 bits per heavy atom. The third kappa shape index (κ3) is 2.01. The summed E-state index contributed by atoms with van der Waals surface area (Å²) in [5.41, 5.74) is 0. The van der Waals surface area contributed by atoms with E-state index in [1.165, 1.54) is 0 Å². The van der Waals surface area contributed by atoms with E-state index < -0.39 is 0 Å². The van der Waals surface area contributed by atoms with Crippen LogP contribution in [0.2, 0.25) is 0 Å². The largest absolute Gasteiger partial charge is 0.420 e. The van der Waals surface area contributed by atoms with Gasteiger partial charge in [0, 0.05) is 4.75 Å². The Labute approximate surface area is 99.9 Å². The van der Waals surface area contributed by atoms with Crippen LogP contribution in [0.5, 0.6) is 0 Å². The quantitative estimate of drug-likeness (QED) is 0.859. The van der Waals surface area contributed by atoms with Gasteiger partial charge in [0.05, 0.1) is 4.87 Å². The molecule has 1 aromatic heterocycles. The van der Waals surface area contributed by atoms with Crippen molar-refractivity contribution >= 4 is 17.8 Å². The maximum Gasteiger partial charge on any atom is 0.240 e. The molecule has 1 N–H and O–H groups in total. The molecule has 0 bridgehead atoms. The maximum atomic E-state index is 5.53. The van der Waals surface area contributed by atoms with Crippen molar-refractivity contribution in [2.75, 3.05) is 0 Å². The first-order chi connectivity index (χ1) is 7.34. The van der Waals surface area contributed by atoms with Crippen molar-refractivity contribution in [3.63, 3.8) is 0 Å². The van der Waals surface area contributed by atoms with E-state index in [0.717, 1.165) is 0 Å². The van der Waals surface area contributed by atoms with Gasteiger partial charge in [-0.2, -0.15) is 0 Å². The van der Waals surface area contributed by atoms with Crippen LogP contribution < -0.4 is 5.32 Å². The topological polar surface area (TPSA) is 51.0 Å². The van der Waals surface area contributed by atoms with Crippen molar-refractivity contribution in [1.82, 2.24) is 15.5 Å². The van der Waals surface area contributed by atoms with Crippen LogP contribution in [0.25, 0.3) is 6.08 Å². The van der Waals surface area contributed by atoms with Gasteiger partial charge in [-0.05, 0) is 33.8 Å². The molecule has 1 atom stereocenters. The molecule has 1 saturated heterocycles. The minimum absolute atomic E-state index is 0.0248. The van der Waals surface area contributed by atoms with Crippen LogP contribution in [0.3, 0.4) is 0 Å². The summed E-state index contributed by atoms with van der Waals surface area (Å²) in [5.74, 6) is 1.11. The smallest absolute Gasteiger partial charge is 0.240 e. The SMILES string of the molecule is C=Cc1nnc([C@@H]2NC(C)(C)SC2(C)C)o1. The normalized spacial score (nSPS) is 26.9. The highest BCUT2D eigenvalue weighted by molar-refractivity contribution is 8.02. The number of thioether (sulfide) groups is 1. The molecule has 4 nitrogen and oxygen atoms in total. The highest BCUT2D eigenvalue weighted by Crippen LogP contribution is 2.50. The highest BCUT2D eigenvalue weighted by atomic mass is 32.2. The first kappa shape index (κ1) is 11.7. The average Bonchev–Trinajstić information content (AvgIpc) is 2.67. The lowest BCUT2D eigenvalue weighted by atomic mass is 10.0. The molecule has 2 heterocycles. The fourth-order valence-corrected chi connectivity index (χ4v) is 3.84. The van der Waals surface area contributed by atoms with Crippen LogP contribution in [0, 0.1) is 0 Å². The molecule has 88 valence electrons. The number of aromatic nitrogens is 2. The Morgan fingerprint density at radius 3 is 2.50 bits per heavy atom. The fraction of sp³-hybridized carbons (Fsp3) is 0.636. The molecule has 1 fully saturated rings. The van der Waals surface area contributed by atoms with Crippen molar-refractivity contribution in [2.24, 2.45) is 0 Å². The summed E-state index contributed by atoms with van der Waals surface area (Å²) in [6.07, 6.45) is 1.57. The number of rotatable bonds is 2. The Balaban J connectivity index is 2.30. The fourth-order valence-electron chi connectivity index (χ4n) is 2.07. The van der Waals surface area contributed by atoms with Gasteiger partial charge in [0.2, 0.25) is 11.8 Å². The van der Waals surface area contributed by atoms with E-state index in [1.807, 2.05) is 11.8 Å². The summed E-state index contributed by atoms with van der Waals surface area (Å²) in [5, 5.41) is 11.5. The van der Waals surface area contributed by atoms with E-state index in [-0.39, 0.29) is 15.7 Å². The summed E-state index contributed by atoms with van der Waals surface area (Å²) in [6.45, 7) is 12.3. The van der Waals surface area contributed by atoms with Gasteiger partial charge < -0.3 is 4.42 Å². The van der Waals surface area contributed by atoms with E-state index in [2.05, 4.69) is 49.8 Å². The molecule has 0 saturated carbocycles. The van der Waals surface area contributed by atoms with Crippen LogP contribution >= 0.6 is 11.8 Å². The second kappa shape index (κ2) is 3.60. The van der Waals surface area contributed by atoms with E-state index >= 15 is 0 Å². The lowest BCUT2D eigenvalue weighted by Gasteiger charge is -2.21. The number of hydrogen-bond donors (Lipinski definition) is 1. The second-order valence-corrected chi connectivity index (χ2v) is 7.25. The van der Waals surface area contributed by atoms with E-state index in [1.54, 1.807) is 6.08 Å². The van der Waals surface area contributed by atoms with E-state index in [4.69, 9.17) is 4.42 Å². The summed E-state index contributed by atoms with van der Waals surface area (Å²) in [7, 11) is 0.